The van der Waals surface area contributed by atoms with Crippen molar-refractivity contribution in [2.75, 3.05) is 13.1 Å². The number of nitrogens with zero attached hydrogens (tertiary/aromatic N) is 1. The number of rotatable bonds is 7. The van der Waals surface area contributed by atoms with Crippen LogP contribution in [0.5, 0.6) is 0 Å². The Morgan fingerprint density at radius 3 is 2.33 bits per heavy atom. The zero-order valence-electron chi connectivity index (χ0n) is 12.8. The number of aromatic nitrogens is 1. The first-order valence-electron chi connectivity index (χ1n) is 7.06. The summed E-state index contributed by atoms with van der Waals surface area (Å²) in [6.45, 7) is 1.13. The Morgan fingerprint density at radius 2 is 1.75 bits per heavy atom. The summed E-state index contributed by atoms with van der Waals surface area (Å²) >= 11 is 1.34. The Hall–Kier alpha value is -2.03. The summed E-state index contributed by atoms with van der Waals surface area (Å²) in [7, 11) is 0. The monoisotopic (exact) mass is 372 g/mol. The fourth-order valence-electron chi connectivity index (χ4n) is 1.80. The van der Waals surface area contributed by atoms with Crippen molar-refractivity contribution in [3.63, 3.8) is 0 Å². The number of benzene rings is 1. The molecule has 0 fully saturated rings. The number of amides is 2. The van der Waals surface area contributed by atoms with Crippen molar-refractivity contribution in [2.24, 2.45) is 5.73 Å². The van der Waals surface area contributed by atoms with Gasteiger partial charge in [-0.25, -0.2) is 9.37 Å². The van der Waals surface area contributed by atoms with E-state index in [0.29, 0.717) is 42.3 Å². The minimum Gasteiger partial charge on any atom is -0.352 e. The third kappa shape index (κ3) is 5.88. The minimum absolute atomic E-state index is 0. The van der Waals surface area contributed by atoms with E-state index in [2.05, 4.69) is 15.6 Å². The maximum absolute atomic E-state index is 12.8. The largest absolute Gasteiger partial charge is 0.352 e. The van der Waals surface area contributed by atoms with E-state index in [1.807, 2.05) is 0 Å². The van der Waals surface area contributed by atoms with E-state index < -0.39 is 0 Å². The lowest BCUT2D eigenvalue weighted by Crippen LogP contribution is -2.30. The van der Waals surface area contributed by atoms with Crippen molar-refractivity contribution in [3.8, 4) is 0 Å². The summed E-state index contributed by atoms with van der Waals surface area (Å²) in [5.41, 5.74) is 6.19. The number of nitrogens with one attached hydrogen (secondary N) is 2. The Kier molecular flexibility index (Phi) is 8.31. The van der Waals surface area contributed by atoms with Crippen molar-refractivity contribution in [1.82, 2.24) is 15.6 Å². The number of thiazole rings is 1. The van der Waals surface area contributed by atoms with Crippen LogP contribution in [-0.4, -0.2) is 29.9 Å². The van der Waals surface area contributed by atoms with Gasteiger partial charge in [-0.3, -0.25) is 9.59 Å². The van der Waals surface area contributed by atoms with Crippen molar-refractivity contribution < 1.29 is 14.0 Å². The molecular formula is C15H18ClFN4O2S. The van der Waals surface area contributed by atoms with E-state index in [9.17, 15) is 14.0 Å². The maximum atomic E-state index is 12.8. The summed E-state index contributed by atoms with van der Waals surface area (Å²) < 4.78 is 12.8. The average molecular weight is 373 g/mol. The van der Waals surface area contributed by atoms with Gasteiger partial charge < -0.3 is 16.4 Å². The van der Waals surface area contributed by atoms with Gasteiger partial charge in [0.05, 0.1) is 0 Å². The standard InChI is InChI=1S/C15H17FN4O2S.ClH/c16-11-4-2-10(3-5-11)14(21)18-6-1-7-19-15(22)12-9-23-13(8-17)20-12;/h2-5,9H,1,6-8,17H2,(H,18,21)(H,19,22);1H. The fourth-order valence-corrected chi connectivity index (χ4v) is 2.45. The van der Waals surface area contributed by atoms with Crippen LogP contribution in [0, 0.1) is 5.82 Å². The summed E-state index contributed by atoms with van der Waals surface area (Å²) in [5.74, 6) is -0.918. The molecule has 4 N–H and O–H groups in total. The van der Waals surface area contributed by atoms with Gasteiger partial charge in [-0.2, -0.15) is 0 Å². The average Bonchev–Trinajstić information content (AvgIpc) is 3.04. The van der Waals surface area contributed by atoms with Crippen LogP contribution < -0.4 is 16.4 Å². The first-order chi connectivity index (χ1) is 11.1. The number of nitrogens with two attached hydrogens (primary N) is 1. The van der Waals surface area contributed by atoms with Crippen LogP contribution in [0.1, 0.15) is 32.3 Å². The van der Waals surface area contributed by atoms with Crippen LogP contribution in [0.2, 0.25) is 0 Å². The molecule has 2 amide bonds. The number of hydrogen-bond donors (Lipinski definition) is 3. The van der Waals surface area contributed by atoms with Crippen LogP contribution >= 0.6 is 23.7 Å². The molecule has 1 aromatic heterocycles. The van der Waals surface area contributed by atoms with Gasteiger partial charge in [0.25, 0.3) is 11.8 Å². The van der Waals surface area contributed by atoms with Gasteiger partial charge in [0.1, 0.15) is 16.5 Å². The molecule has 6 nitrogen and oxygen atoms in total. The zero-order valence-corrected chi connectivity index (χ0v) is 14.4. The molecule has 130 valence electrons. The van der Waals surface area contributed by atoms with Gasteiger partial charge in [0, 0.05) is 30.6 Å². The summed E-state index contributed by atoms with van der Waals surface area (Å²) in [6, 6.07) is 5.31. The SMILES string of the molecule is Cl.NCc1nc(C(=O)NCCCNC(=O)c2ccc(F)cc2)cs1. The lowest BCUT2D eigenvalue weighted by molar-refractivity contribution is 0.0948. The third-order valence-corrected chi connectivity index (χ3v) is 3.86. The highest BCUT2D eigenvalue weighted by atomic mass is 35.5. The second kappa shape index (κ2) is 9.96. The second-order valence-corrected chi connectivity index (χ2v) is 5.65. The van der Waals surface area contributed by atoms with E-state index in [1.165, 1.54) is 35.6 Å². The summed E-state index contributed by atoms with van der Waals surface area (Å²) in [4.78, 5) is 27.6. The molecule has 0 radical (unpaired) electrons. The van der Waals surface area contributed by atoms with Crippen molar-refractivity contribution >= 4 is 35.6 Å². The molecular weight excluding hydrogens is 355 g/mol. The van der Waals surface area contributed by atoms with Crippen molar-refractivity contribution in [3.05, 3.63) is 51.7 Å². The molecule has 24 heavy (non-hydrogen) atoms. The molecule has 0 aliphatic carbocycles. The van der Waals surface area contributed by atoms with Gasteiger partial charge in [-0.05, 0) is 30.7 Å². The molecule has 2 aromatic rings. The molecule has 0 aliphatic rings. The zero-order chi connectivity index (χ0) is 16.7. The van der Waals surface area contributed by atoms with Gasteiger partial charge in [-0.15, -0.1) is 23.7 Å². The molecule has 0 bridgehead atoms. The molecule has 0 spiro atoms. The van der Waals surface area contributed by atoms with E-state index in [0.717, 1.165) is 0 Å². The quantitative estimate of drug-likeness (QED) is 0.644. The molecule has 0 aliphatic heterocycles. The summed E-state index contributed by atoms with van der Waals surface area (Å²) in [6.07, 6.45) is 0.576. The lowest BCUT2D eigenvalue weighted by Gasteiger charge is -2.06. The Morgan fingerprint density at radius 1 is 1.12 bits per heavy atom. The molecule has 2 rings (SSSR count). The van der Waals surface area contributed by atoms with E-state index in [4.69, 9.17) is 5.73 Å². The van der Waals surface area contributed by atoms with Gasteiger partial charge in [-0.1, -0.05) is 0 Å². The van der Waals surface area contributed by atoms with Gasteiger partial charge in [0.15, 0.2) is 0 Å². The molecule has 0 saturated carbocycles. The molecule has 1 aromatic carbocycles. The van der Waals surface area contributed by atoms with Gasteiger partial charge in [0.2, 0.25) is 0 Å². The fraction of sp³-hybridized carbons (Fsp3) is 0.267. The molecule has 1 heterocycles. The Labute approximate surface area is 149 Å². The van der Waals surface area contributed by atoms with Crippen LogP contribution in [0.25, 0.3) is 0 Å². The van der Waals surface area contributed by atoms with E-state index in [1.54, 1.807) is 5.38 Å². The maximum Gasteiger partial charge on any atom is 0.270 e. The number of halogens is 2. The molecule has 0 saturated heterocycles. The van der Waals surface area contributed by atoms with Crippen LogP contribution in [-0.2, 0) is 6.54 Å². The molecule has 0 unspecified atom stereocenters. The predicted molar refractivity (Wildman–Crippen MR) is 92.9 cm³/mol. The first kappa shape index (κ1) is 20.0. The number of hydrogen-bond acceptors (Lipinski definition) is 5. The minimum atomic E-state index is -0.385. The lowest BCUT2D eigenvalue weighted by atomic mass is 10.2. The topological polar surface area (TPSA) is 97.1 Å². The van der Waals surface area contributed by atoms with Crippen molar-refractivity contribution in [1.29, 1.82) is 0 Å². The van der Waals surface area contributed by atoms with Crippen LogP contribution in [0.3, 0.4) is 0 Å². The van der Waals surface area contributed by atoms with E-state index in [-0.39, 0.29) is 30.0 Å². The van der Waals surface area contributed by atoms with Gasteiger partial charge >= 0.3 is 0 Å². The summed E-state index contributed by atoms with van der Waals surface area (Å²) in [5, 5.41) is 7.79. The highest BCUT2D eigenvalue weighted by molar-refractivity contribution is 7.09. The Balaban J connectivity index is 0.00000288. The normalized spacial score (nSPS) is 9.92. The third-order valence-electron chi connectivity index (χ3n) is 2.99. The smallest absolute Gasteiger partial charge is 0.270 e. The van der Waals surface area contributed by atoms with E-state index >= 15 is 0 Å². The number of carbonyl (C=O) groups is 2. The highest BCUT2D eigenvalue weighted by Crippen LogP contribution is 2.08. The molecule has 0 atom stereocenters. The highest BCUT2D eigenvalue weighted by Gasteiger charge is 2.09. The Bertz CT molecular complexity index is 678. The molecule has 9 heteroatoms. The van der Waals surface area contributed by atoms with Crippen molar-refractivity contribution in [2.45, 2.75) is 13.0 Å². The first-order valence-corrected chi connectivity index (χ1v) is 7.94. The predicted octanol–water partition coefficient (Wildman–Crippen LogP) is 1.71. The van der Waals surface area contributed by atoms with Crippen LogP contribution in [0.4, 0.5) is 4.39 Å². The number of carbonyl (C=O) groups excluding carboxylic acids is 2. The second-order valence-electron chi connectivity index (χ2n) is 4.70. The van der Waals surface area contributed by atoms with Crippen LogP contribution in [0.15, 0.2) is 29.6 Å².